The molecule has 0 aliphatic carbocycles. The van der Waals surface area contributed by atoms with Crippen LogP contribution in [0.1, 0.15) is 41.4 Å². The van der Waals surface area contributed by atoms with Crippen molar-refractivity contribution in [1.29, 1.82) is 0 Å². The molecule has 24 heavy (non-hydrogen) atoms. The topological polar surface area (TPSA) is 78.8 Å². The molecule has 128 valence electrons. The van der Waals surface area contributed by atoms with E-state index in [9.17, 15) is 4.79 Å². The van der Waals surface area contributed by atoms with Crippen LogP contribution >= 0.6 is 0 Å². The van der Waals surface area contributed by atoms with Crippen molar-refractivity contribution in [2.75, 3.05) is 19.6 Å². The quantitative estimate of drug-likeness (QED) is 0.880. The Kier molecular flexibility index (Phi) is 4.10. The van der Waals surface area contributed by atoms with Crippen molar-refractivity contribution in [3.8, 4) is 0 Å². The highest BCUT2D eigenvalue weighted by Gasteiger charge is 2.24. The molecule has 0 saturated carbocycles. The largest absolute Gasteiger partial charge is 0.336 e. The minimum atomic E-state index is 0.123. The average molecular weight is 328 g/mol. The highest BCUT2D eigenvalue weighted by atomic mass is 16.2. The summed E-state index contributed by atoms with van der Waals surface area (Å²) in [4.78, 5) is 14.5. The van der Waals surface area contributed by atoms with Gasteiger partial charge >= 0.3 is 0 Å². The number of H-pyrrole nitrogens is 1. The number of rotatable bonds is 3. The van der Waals surface area contributed by atoms with E-state index >= 15 is 0 Å². The fraction of sp³-hybridized carbons (Fsp3) is 0.588. The number of nitrogens with one attached hydrogen (secondary N) is 2. The molecule has 2 aromatic heterocycles. The van der Waals surface area contributed by atoms with E-state index in [0.29, 0.717) is 19.0 Å². The Morgan fingerprint density at radius 2 is 2.38 bits per heavy atom. The molecule has 4 heterocycles. The normalized spacial score (nSPS) is 20.9. The Balaban J connectivity index is 1.40. The van der Waals surface area contributed by atoms with Crippen LogP contribution in [0.3, 0.4) is 0 Å². The molecule has 2 aromatic rings. The molecule has 1 amide bonds. The molecular weight excluding hydrogens is 304 g/mol. The van der Waals surface area contributed by atoms with E-state index in [4.69, 9.17) is 0 Å². The number of fused-ring (bicyclic) bond motifs is 1. The van der Waals surface area contributed by atoms with E-state index in [1.165, 1.54) is 18.4 Å². The van der Waals surface area contributed by atoms with E-state index in [-0.39, 0.29) is 5.91 Å². The van der Waals surface area contributed by atoms with Gasteiger partial charge in [0.05, 0.1) is 11.4 Å². The maximum atomic E-state index is 12.6. The van der Waals surface area contributed by atoms with Gasteiger partial charge in [-0.1, -0.05) is 0 Å². The highest BCUT2D eigenvalue weighted by molar-refractivity contribution is 5.76. The number of aromatic nitrogens is 4. The molecule has 2 N–H and O–H groups in total. The van der Waals surface area contributed by atoms with Gasteiger partial charge in [-0.15, -0.1) is 0 Å². The van der Waals surface area contributed by atoms with Gasteiger partial charge < -0.3 is 10.2 Å². The monoisotopic (exact) mass is 328 g/mol. The first kappa shape index (κ1) is 15.4. The molecule has 7 heteroatoms. The number of hydrogen-bond acceptors (Lipinski definition) is 4. The first-order valence-corrected chi connectivity index (χ1v) is 8.75. The van der Waals surface area contributed by atoms with Crippen LogP contribution in [0, 0.1) is 6.92 Å². The van der Waals surface area contributed by atoms with E-state index in [2.05, 4.69) is 26.7 Å². The molecule has 7 nitrogen and oxygen atoms in total. The van der Waals surface area contributed by atoms with Gasteiger partial charge in [-0.2, -0.15) is 10.2 Å². The van der Waals surface area contributed by atoms with Crippen molar-refractivity contribution >= 4 is 5.91 Å². The predicted octanol–water partition coefficient (Wildman–Crippen LogP) is 0.967. The van der Waals surface area contributed by atoms with Crippen molar-refractivity contribution in [2.45, 2.75) is 45.2 Å². The molecular formula is C17H24N6O. The third kappa shape index (κ3) is 2.96. The summed E-state index contributed by atoms with van der Waals surface area (Å²) in [5.41, 5.74) is 4.43. The summed E-state index contributed by atoms with van der Waals surface area (Å²) in [6.07, 6.45) is 5.12. The molecule has 1 unspecified atom stereocenters. The summed E-state index contributed by atoms with van der Waals surface area (Å²) in [5.74, 6) is 0.596. The molecule has 0 radical (unpaired) electrons. The number of aromatic amines is 1. The molecule has 1 atom stereocenters. The SMILES string of the molecule is Cc1[nH]nc2c1CN(C(=O)Cn1ccc(C3CCCNC3)n1)CC2. The molecule has 0 bridgehead atoms. The fourth-order valence-electron chi connectivity index (χ4n) is 3.67. The Labute approximate surface area is 141 Å². The number of piperidine rings is 1. The smallest absolute Gasteiger partial charge is 0.244 e. The number of carbonyl (C=O) groups is 1. The van der Waals surface area contributed by atoms with Gasteiger partial charge in [0.2, 0.25) is 5.91 Å². The van der Waals surface area contributed by atoms with Gasteiger partial charge in [-0.3, -0.25) is 14.6 Å². The first-order chi connectivity index (χ1) is 11.7. The van der Waals surface area contributed by atoms with Crippen LogP contribution in [0.5, 0.6) is 0 Å². The fourth-order valence-corrected chi connectivity index (χ4v) is 3.67. The number of hydrogen-bond donors (Lipinski definition) is 2. The number of amides is 1. The summed E-state index contributed by atoms with van der Waals surface area (Å²) in [7, 11) is 0. The predicted molar refractivity (Wildman–Crippen MR) is 89.5 cm³/mol. The second-order valence-corrected chi connectivity index (χ2v) is 6.82. The minimum Gasteiger partial charge on any atom is -0.336 e. The van der Waals surface area contributed by atoms with Crippen LogP contribution in [-0.4, -0.2) is 50.4 Å². The van der Waals surface area contributed by atoms with Crippen LogP contribution in [0.2, 0.25) is 0 Å². The Morgan fingerprint density at radius 3 is 3.21 bits per heavy atom. The zero-order valence-electron chi connectivity index (χ0n) is 14.1. The van der Waals surface area contributed by atoms with Crippen molar-refractivity contribution < 1.29 is 4.79 Å². The van der Waals surface area contributed by atoms with Crippen molar-refractivity contribution in [1.82, 2.24) is 30.2 Å². The lowest BCUT2D eigenvalue weighted by atomic mass is 9.97. The van der Waals surface area contributed by atoms with E-state index in [0.717, 1.165) is 43.1 Å². The van der Waals surface area contributed by atoms with E-state index in [1.54, 1.807) is 4.68 Å². The zero-order valence-corrected chi connectivity index (χ0v) is 14.1. The lowest BCUT2D eigenvalue weighted by Crippen LogP contribution is -2.38. The van der Waals surface area contributed by atoms with Gasteiger partial charge in [0.15, 0.2) is 0 Å². The Bertz CT molecular complexity index is 727. The van der Waals surface area contributed by atoms with Gasteiger partial charge in [-0.05, 0) is 32.4 Å². The van der Waals surface area contributed by atoms with Crippen LogP contribution < -0.4 is 5.32 Å². The highest BCUT2D eigenvalue weighted by Crippen LogP contribution is 2.22. The molecule has 4 rings (SSSR count). The maximum Gasteiger partial charge on any atom is 0.244 e. The van der Waals surface area contributed by atoms with Crippen molar-refractivity contribution in [3.05, 3.63) is 34.9 Å². The first-order valence-electron chi connectivity index (χ1n) is 8.75. The average Bonchev–Trinajstić information content (AvgIpc) is 3.23. The second kappa shape index (κ2) is 6.39. The van der Waals surface area contributed by atoms with E-state index < -0.39 is 0 Å². The number of nitrogens with zero attached hydrogens (tertiary/aromatic N) is 4. The summed E-state index contributed by atoms with van der Waals surface area (Å²) in [6.45, 7) is 5.79. The van der Waals surface area contributed by atoms with Crippen LogP contribution in [0.4, 0.5) is 0 Å². The lowest BCUT2D eigenvalue weighted by molar-refractivity contribution is -0.133. The van der Waals surface area contributed by atoms with Crippen LogP contribution in [-0.2, 0) is 24.3 Å². The molecule has 1 saturated heterocycles. The van der Waals surface area contributed by atoms with Gasteiger partial charge in [0.1, 0.15) is 6.54 Å². The molecule has 0 spiro atoms. The summed E-state index contributed by atoms with van der Waals surface area (Å²) in [5, 5.41) is 15.4. The number of aryl methyl sites for hydroxylation is 1. The third-order valence-corrected chi connectivity index (χ3v) is 5.15. The molecule has 1 fully saturated rings. The lowest BCUT2D eigenvalue weighted by Gasteiger charge is -2.26. The molecule has 2 aliphatic heterocycles. The van der Waals surface area contributed by atoms with Gasteiger partial charge in [0.25, 0.3) is 0 Å². The van der Waals surface area contributed by atoms with Crippen molar-refractivity contribution in [3.63, 3.8) is 0 Å². The van der Waals surface area contributed by atoms with Gasteiger partial charge in [0, 0.05) is 49.4 Å². The second-order valence-electron chi connectivity index (χ2n) is 6.82. The summed E-state index contributed by atoms with van der Waals surface area (Å²) >= 11 is 0. The minimum absolute atomic E-state index is 0.123. The Morgan fingerprint density at radius 1 is 1.46 bits per heavy atom. The van der Waals surface area contributed by atoms with Crippen molar-refractivity contribution in [2.24, 2.45) is 0 Å². The zero-order chi connectivity index (χ0) is 16.5. The summed E-state index contributed by atoms with van der Waals surface area (Å²) < 4.78 is 1.78. The third-order valence-electron chi connectivity index (χ3n) is 5.15. The standard InChI is InChI=1S/C17H24N6O/c1-12-14-10-22(7-4-16(14)20-19-12)17(24)11-23-8-5-15(21-23)13-3-2-6-18-9-13/h5,8,13,18H,2-4,6-7,9-11H2,1H3,(H,19,20). The van der Waals surface area contributed by atoms with E-state index in [1.807, 2.05) is 18.0 Å². The van der Waals surface area contributed by atoms with Crippen LogP contribution in [0.25, 0.3) is 0 Å². The molecule has 0 aromatic carbocycles. The Hall–Kier alpha value is -2.15. The van der Waals surface area contributed by atoms with Gasteiger partial charge in [-0.25, -0.2) is 0 Å². The summed E-state index contributed by atoms with van der Waals surface area (Å²) in [6, 6.07) is 2.06. The van der Waals surface area contributed by atoms with Crippen LogP contribution in [0.15, 0.2) is 12.3 Å². The maximum absolute atomic E-state index is 12.6. The number of carbonyl (C=O) groups excluding carboxylic acids is 1. The molecule has 2 aliphatic rings.